The van der Waals surface area contributed by atoms with Crippen LogP contribution >= 0.6 is 0 Å². The van der Waals surface area contributed by atoms with Crippen molar-refractivity contribution in [1.82, 2.24) is 0 Å². The standard InChI is InChI=1S/C11H10O3/c1-13-10(12)11-8-5-3-2-4-7(8)6-9(11)14-11/h2-5,9H,6H2,1H3/t9-,11+/m0/s1. The summed E-state index contributed by atoms with van der Waals surface area (Å²) in [6.07, 6.45) is 0.831. The Kier molecular flexibility index (Phi) is 1.35. The van der Waals surface area contributed by atoms with Crippen LogP contribution < -0.4 is 0 Å². The minimum atomic E-state index is -0.759. The molecular formula is C11H10O3. The summed E-state index contributed by atoms with van der Waals surface area (Å²) in [5, 5.41) is 0. The quantitative estimate of drug-likeness (QED) is 0.490. The Morgan fingerprint density at radius 2 is 2.36 bits per heavy atom. The molecule has 0 amide bonds. The summed E-state index contributed by atoms with van der Waals surface area (Å²) in [6.45, 7) is 0. The fraction of sp³-hybridized carbons (Fsp3) is 0.364. The molecule has 3 rings (SSSR count). The number of esters is 1. The first-order chi connectivity index (χ1) is 6.79. The summed E-state index contributed by atoms with van der Waals surface area (Å²) in [6, 6.07) is 7.89. The van der Waals surface area contributed by atoms with Gasteiger partial charge in [0.2, 0.25) is 5.60 Å². The maximum Gasteiger partial charge on any atom is 0.345 e. The van der Waals surface area contributed by atoms with E-state index in [1.165, 1.54) is 12.7 Å². The lowest BCUT2D eigenvalue weighted by atomic mass is 10.0. The second kappa shape index (κ2) is 2.36. The van der Waals surface area contributed by atoms with E-state index in [1.807, 2.05) is 24.3 Å². The van der Waals surface area contributed by atoms with Crippen molar-refractivity contribution in [2.75, 3.05) is 7.11 Å². The molecule has 0 N–H and O–H groups in total. The fourth-order valence-corrected chi connectivity index (χ4v) is 2.31. The zero-order valence-electron chi connectivity index (χ0n) is 7.82. The molecule has 0 saturated carbocycles. The maximum absolute atomic E-state index is 11.6. The first kappa shape index (κ1) is 8.00. The Morgan fingerprint density at radius 1 is 1.57 bits per heavy atom. The molecule has 0 radical (unpaired) electrons. The van der Waals surface area contributed by atoms with E-state index >= 15 is 0 Å². The first-order valence-corrected chi connectivity index (χ1v) is 4.63. The number of ether oxygens (including phenoxy) is 2. The Morgan fingerprint density at radius 3 is 3.14 bits per heavy atom. The number of benzene rings is 1. The molecule has 72 valence electrons. The van der Waals surface area contributed by atoms with Gasteiger partial charge < -0.3 is 9.47 Å². The SMILES string of the molecule is COC(=O)[C@]12O[C@H]1Cc1ccccc12. The molecule has 1 saturated heterocycles. The molecule has 1 aromatic carbocycles. The number of rotatable bonds is 1. The summed E-state index contributed by atoms with van der Waals surface area (Å²) in [7, 11) is 1.40. The second-order valence-electron chi connectivity index (χ2n) is 3.69. The highest BCUT2D eigenvalue weighted by atomic mass is 16.7. The minimum absolute atomic E-state index is 0.00681. The molecule has 0 aromatic heterocycles. The van der Waals surface area contributed by atoms with Gasteiger partial charge in [-0.05, 0) is 5.56 Å². The molecule has 3 heteroatoms. The van der Waals surface area contributed by atoms with Crippen molar-refractivity contribution in [3.8, 4) is 0 Å². The molecule has 3 nitrogen and oxygen atoms in total. The lowest BCUT2D eigenvalue weighted by Gasteiger charge is -2.09. The van der Waals surface area contributed by atoms with Gasteiger partial charge in [-0.1, -0.05) is 24.3 Å². The molecule has 14 heavy (non-hydrogen) atoms. The fourth-order valence-electron chi connectivity index (χ4n) is 2.31. The number of carbonyl (C=O) groups excluding carboxylic acids is 1. The van der Waals surface area contributed by atoms with E-state index in [-0.39, 0.29) is 12.1 Å². The molecule has 2 atom stereocenters. The van der Waals surface area contributed by atoms with E-state index < -0.39 is 5.60 Å². The summed E-state index contributed by atoms with van der Waals surface area (Å²) in [5.74, 6) is -0.271. The third kappa shape index (κ3) is 0.738. The van der Waals surface area contributed by atoms with Crippen LogP contribution in [-0.4, -0.2) is 19.2 Å². The van der Waals surface area contributed by atoms with Crippen LogP contribution in [0, 0.1) is 0 Å². The van der Waals surface area contributed by atoms with E-state index in [0.717, 1.165) is 12.0 Å². The predicted molar refractivity (Wildman–Crippen MR) is 48.7 cm³/mol. The zero-order chi connectivity index (χ0) is 9.76. The smallest absolute Gasteiger partial charge is 0.345 e. The van der Waals surface area contributed by atoms with Gasteiger partial charge in [0, 0.05) is 12.0 Å². The van der Waals surface area contributed by atoms with Crippen LogP contribution in [0.4, 0.5) is 0 Å². The van der Waals surface area contributed by atoms with Crippen LogP contribution in [0.15, 0.2) is 24.3 Å². The molecule has 1 aromatic rings. The van der Waals surface area contributed by atoms with Gasteiger partial charge in [0.15, 0.2) is 0 Å². The van der Waals surface area contributed by atoms with E-state index in [2.05, 4.69) is 0 Å². The summed E-state index contributed by atoms with van der Waals surface area (Å²) in [5.41, 5.74) is 1.43. The van der Waals surface area contributed by atoms with Crippen LogP contribution in [0.25, 0.3) is 0 Å². The molecule has 0 bridgehead atoms. The molecular weight excluding hydrogens is 180 g/mol. The van der Waals surface area contributed by atoms with Crippen molar-refractivity contribution in [3.63, 3.8) is 0 Å². The first-order valence-electron chi connectivity index (χ1n) is 4.63. The predicted octanol–water partition coefficient (Wildman–Crippen LogP) is 1.01. The molecule has 1 heterocycles. The van der Waals surface area contributed by atoms with Crippen LogP contribution in [0.1, 0.15) is 11.1 Å². The van der Waals surface area contributed by atoms with Gasteiger partial charge in [0.1, 0.15) is 6.10 Å². The normalized spacial score (nSPS) is 31.9. The lowest BCUT2D eigenvalue weighted by molar-refractivity contribution is -0.147. The number of hydrogen-bond donors (Lipinski definition) is 0. The van der Waals surface area contributed by atoms with Gasteiger partial charge in [0.25, 0.3) is 0 Å². The van der Waals surface area contributed by atoms with E-state index in [0.29, 0.717) is 0 Å². The summed E-state index contributed by atoms with van der Waals surface area (Å²) >= 11 is 0. The van der Waals surface area contributed by atoms with Crippen molar-refractivity contribution >= 4 is 5.97 Å². The van der Waals surface area contributed by atoms with Crippen LogP contribution in [0.5, 0.6) is 0 Å². The van der Waals surface area contributed by atoms with Crippen molar-refractivity contribution in [3.05, 3.63) is 35.4 Å². The Labute approximate surface area is 81.6 Å². The lowest BCUT2D eigenvalue weighted by Crippen LogP contribution is -2.23. The van der Waals surface area contributed by atoms with Crippen molar-refractivity contribution < 1.29 is 14.3 Å². The average Bonchev–Trinajstić information content (AvgIpc) is 2.86. The average molecular weight is 190 g/mol. The highest BCUT2D eigenvalue weighted by Gasteiger charge is 2.69. The van der Waals surface area contributed by atoms with Crippen LogP contribution in [0.2, 0.25) is 0 Å². The monoisotopic (exact) mass is 190 g/mol. The van der Waals surface area contributed by atoms with Gasteiger partial charge >= 0.3 is 5.97 Å². The maximum atomic E-state index is 11.6. The number of hydrogen-bond acceptors (Lipinski definition) is 3. The molecule has 0 spiro atoms. The minimum Gasteiger partial charge on any atom is -0.467 e. The third-order valence-electron chi connectivity index (χ3n) is 3.04. The van der Waals surface area contributed by atoms with Gasteiger partial charge in [0.05, 0.1) is 7.11 Å². The molecule has 1 aliphatic heterocycles. The van der Waals surface area contributed by atoms with E-state index in [1.54, 1.807) is 0 Å². The largest absolute Gasteiger partial charge is 0.467 e. The summed E-state index contributed by atoms with van der Waals surface area (Å²) in [4.78, 5) is 11.6. The van der Waals surface area contributed by atoms with Crippen molar-refractivity contribution in [2.45, 2.75) is 18.1 Å². The second-order valence-corrected chi connectivity index (χ2v) is 3.69. The Hall–Kier alpha value is -1.35. The van der Waals surface area contributed by atoms with Crippen LogP contribution in [0.3, 0.4) is 0 Å². The highest BCUT2D eigenvalue weighted by molar-refractivity contribution is 5.87. The molecule has 1 aliphatic carbocycles. The molecule has 2 aliphatic rings. The van der Waals surface area contributed by atoms with E-state index in [9.17, 15) is 4.79 Å². The number of carbonyl (C=O) groups is 1. The number of methoxy groups -OCH3 is 1. The zero-order valence-corrected chi connectivity index (χ0v) is 7.82. The van der Waals surface area contributed by atoms with E-state index in [4.69, 9.17) is 9.47 Å². The molecule has 0 unspecified atom stereocenters. The van der Waals surface area contributed by atoms with Gasteiger partial charge in [-0.25, -0.2) is 4.79 Å². The third-order valence-corrected chi connectivity index (χ3v) is 3.04. The van der Waals surface area contributed by atoms with Crippen molar-refractivity contribution in [1.29, 1.82) is 0 Å². The Balaban J connectivity index is 2.11. The number of epoxide rings is 1. The Bertz CT molecular complexity index is 413. The van der Waals surface area contributed by atoms with Gasteiger partial charge in [-0.3, -0.25) is 0 Å². The van der Waals surface area contributed by atoms with Gasteiger partial charge in [-0.2, -0.15) is 0 Å². The van der Waals surface area contributed by atoms with Crippen LogP contribution in [-0.2, 0) is 26.3 Å². The topological polar surface area (TPSA) is 38.8 Å². The molecule has 1 fully saturated rings. The number of fused-ring (bicyclic) bond motifs is 3. The van der Waals surface area contributed by atoms with Crippen molar-refractivity contribution in [2.24, 2.45) is 0 Å². The van der Waals surface area contributed by atoms with Gasteiger partial charge in [-0.15, -0.1) is 0 Å². The highest BCUT2D eigenvalue weighted by Crippen LogP contribution is 2.55. The summed E-state index contributed by atoms with van der Waals surface area (Å²) < 4.78 is 10.2.